The van der Waals surface area contributed by atoms with Crippen LogP contribution in [-0.4, -0.2) is 29.1 Å². The molecule has 126 valence electrons. The lowest BCUT2D eigenvalue weighted by molar-refractivity contribution is 0.594. The third-order valence-electron chi connectivity index (χ3n) is 3.95. The van der Waals surface area contributed by atoms with Crippen molar-refractivity contribution in [3.05, 3.63) is 34.7 Å². The van der Waals surface area contributed by atoms with E-state index >= 15 is 0 Å². The molecule has 0 atom stereocenters. The van der Waals surface area contributed by atoms with Gasteiger partial charge in [0, 0.05) is 36.3 Å². The SMILES string of the molecule is CCN(CC)c1ccc2cc3c(NC(C)C)nc(=O)nc-3oc2c1. The first-order valence-corrected chi connectivity index (χ1v) is 8.29. The average Bonchev–Trinajstić information content (AvgIpc) is 2.53. The normalized spacial score (nSPS) is 11.4. The Hall–Kier alpha value is -2.63. The first kappa shape index (κ1) is 16.2. The molecule has 1 aromatic carbocycles. The summed E-state index contributed by atoms with van der Waals surface area (Å²) < 4.78 is 5.91. The fourth-order valence-corrected chi connectivity index (χ4v) is 2.80. The number of hydrogen-bond donors (Lipinski definition) is 1. The van der Waals surface area contributed by atoms with Crippen molar-refractivity contribution in [2.75, 3.05) is 23.3 Å². The molecule has 6 heteroatoms. The summed E-state index contributed by atoms with van der Waals surface area (Å²) in [5.74, 6) is 0.820. The van der Waals surface area contributed by atoms with Crippen molar-refractivity contribution in [3.8, 4) is 11.5 Å². The molecular weight excluding hydrogens is 304 g/mol. The van der Waals surface area contributed by atoms with Gasteiger partial charge in [-0.1, -0.05) is 0 Å². The molecule has 2 heterocycles. The Morgan fingerprint density at radius 1 is 1.17 bits per heavy atom. The number of benzene rings is 1. The average molecular weight is 326 g/mol. The lowest BCUT2D eigenvalue weighted by Crippen LogP contribution is -2.21. The van der Waals surface area contributed by atoms with E-state index in [-0.39, 0.29) is 6.04 Å². The van der Waals surface area contributed by atoms with Crippen molar-refractivity contribution in [3.63, 3.8) is 0 Å². The van der Waals surface area contributed by atoms with E-state index in [0.717, 1.165) is 24.2 Å². The second kappa shape index (κ2) is 6.47. The minimum Gasteiger partial charge on any atom is -0.437 e. The molecule has 0 fully saturated rings. The number of rotatable bonds is 5. The van der Waals surface area contributed by atoms with E-state index in [4.69, 9.17) is 4.42 Å². The molecule has 1 aromatic rings. The molecule has 2 aliphatic rings. The third kappa shape index (κ3) is 3.04. The first-order chi connectivity index (χ1) is 11.5. The van der Waals surface area contributed by atoms with E-state index in [0.29, 0.717) is 22.9 Å². The van der Waals surface area contributed by atoms with E-state index in [1.165, 1.54) is 0 Å². The second-order valence-corrected chi connectivity index (χ2v) is 6.01. The van der Waals surface area contributed by atoms with Gasteiger partial charge in [0.05, 0.1) is 5.56 Å². The standard InChI is InChI=1S/C18H22N4O2/c1-5-22(6-2)13-8-7-12-9-14-16(19-11(3)4)20-18(23)21-17(14)24-15(12)10-13/h7-11H,5-6H2,1-4H3,(H,19,20,23). The number of aromatic nitrogens is 2. The van der Waals surface area contributed by atoms with Crippen molar-refractivity contribution in [2.24, 2.45) is 0 Å². The zero-order chi connectivity index (χ0) is 17.3. The molecule has 0 amide bonds. The molecule has 0 bridgehead atoms. The first-order valence-electron chi connectivity index (χ1n) is 8.29. The van der Waals surface area contributed by atoms with Gasteiger partial charge in [-0.25, -0.2) is 4.79 Å². The number of hydrogen-bond acceptors (Lipinski definition) is 6. The van der Waals surface area contributed by atoms with Crippen LogP contribution < -0.4 is 15.9 Å². The number of anilines is 2. The molecule has 0 radical (unpaired) electrons. The summed E-state index contributed by atoms with van der Waals surface area (Å²) in [5, 5.41) is 4.13. The summed E-state index contributed by atoms with van der Waals surface area (Å²) >= 11 is 0. The van der Waals surface area contributed by atoms with E-state index in [1.807, 2.05) is 32.0 Å². The van der Waals surface area contributed by atoms with E-state index in [2.05, 4.69) is 40.1 Å². The molecule has 6 nitrogen and oxygen atoms in total. The highest BCUT2D eigenvalue weighted by Gasteiger charge is 2.17. The number of fused-ring (bicyclic) bond motifs is 2. The summed E-state index contributed by atoms with van der Waals surface area (Å²) in [6.45, 7) is 10.1. The second-order valence-electron chi connectivity index (χ2n) is 6.01. The van der Waals surface area contributed by atoms with Crippen LogP contribution in [0.15, 0.2) is 33.5 Å². The van der Waals surface area contributed by atoms with Crippen LogP contribution in [0.2, 0.25) is 0 Å². The maximum absolute atomic E-state index is 11.8. The van der Waals surface area contributed by atoms with E-state index in [9.17, 15) is 4.79 Å². The molecule has 0 unspecified atom stereocenters. The van der Waals surface area contributed by atoms with Crippen molar-refractivity contribution < 1.29 is 4.42 Å². The van der Waals surface area contributed by atoms with Crippen LogP contribution in [0, 0.1) is 0 Å². The molecule has 3 rings (SSSR count). The van der Waals surface area contributed by atoms with Crippen molar-refractivity contribution in [2.45, 2.75) is 33.7 Å². The van der Waals surface area contributed by atoms with Gasteiger partial charge >= 0.3 is 5.69 Å². The molecule has 0 saturated carbocycles. The van der Waals surface area contributed by atoms with Gasteiger partial charge in [0.1, 0.15) is 11.4 Å². The molecule has 0 spiro atoms. The molecule has 2 aliphatic heterocycles. The smallest absolute Gasteiger partial charge is 0.372 e. The Bertz CT molecular complexity index is 884. The van der Waals surface area contributed by atoms with Crippen LogP contribution in [0.5, 0.6) is 0 Å². The van der Waals surface area contributed by atoms with Gasteiger partial charge < -0.3 is 14.6 Å². The van der Waals surface area contributed by atoms with Crippen LogP contribution in [-0.2, 0) is 0 Å². The zero-order valence-electron chi connectivity index (χ0n) is 14.5. The van der Waals surface area contributed by atoms with Gasteiger partial charge in [-0.2, -0.15) is 9.97 Å². The predicted molar refractivity (Wildman–Crippen MR) is 97.0 cm³/mol. The summed E-state index contributed by atoms with van der Waals surface area (Å²) in [7, 11) is 0. The number of nitrogens with zero attached hydrogens (tertiary/aromatic N) is 3. The van der Waals surface area contributed by atoms with Gasteiger partial charge in [-0.3, -0.25) is 0 Å². The van der Waals surface area contributed by atoms with Crippen LogP contribution in [0.25, 0.3) is 22.4 Å². The molecule has 0 saturated heterocycles. The van der Waals surface area contributed by atoms with Gasteiger partial charge in [0.15, 0.2) is 0 Å². The lowest BCUT2D eigenvalue weighted by Gasteiger charge is -2.21. The Morgan fingerprint density at radius 3 is 2.58 bits per heavy atom. The topological polar surface area (TPSA) is 71.3 Å². The van der Waals surface area contributed by atoms with E-state index < -0.39 is 5.69 Å². The van der Waals surface area contributed by atoms with Crippen LogP contribution in [0.3, 0.4) is 0 Å². The monoisotopic (exact) mass is 326 g/mol. The Kier molecular flexibility index (Phi) is 4.38. The Morgan fingerprint density at radius 2 is 1.92 bits per heavy atom. The summed E-state index contributed by atoms with van der Waals surface area (Å²) in [4.78, 5) is 21.9. The largest absolute Gasteiger partial charge is 0.437 e. The quantitative estimate of drug-likeness (QED) is 0.725. The maximum atomic E-state index is 11.8. The maximum Gasteiger partial charge on any atom is 0.372 e. The molecule has 24 heavy (non-hydrogen) atoms. The summed E-state index contributed by atoms with van der Waals surface area (Å²) in [5.41, 5.74) is 1.97. The summed E-state index contributed by atoms with van der Waals surface area (Å²) in [6, 6.07) is 8.21. The van der Waals surface area contributed by atoms with Crippen LogP contribution in [0.4, 0.5) is 11.5 Å². The third-order valence-corrected chi connectivity index (χ3v) is 3.95. The molecule has 0 aliphatic carbocycles. The predicted octanol–water partition coefficient (Wildman–Crippen LogP) is 3.35. The van der Waals surface area contributed by atoms with Crippen LogP contribution in [0.1, 0.15) is 27.7 Å². The van der Waals surface area contributed by atoms with Gasteiger partial charge in [0.2, 0.25) is 5.89 Å². The Labute approximate surface area is 140 Å². The lowest BCUT2D eigenvalue weighted by atomic mass is 10.1. The summed E-state index contributed by atoms with van der Waals surface area (Å²) in [6.07, 6.45) is 0. The molecule has 1 N–H and O–H groups in total. The number of nitrogens with one attached hydrogen (secondary N) is 1. The molecule has 0 aromatic heterocycles. The highest BCUT2D eigenvalue weighted by molar-refractivity contribution is 5.87. The highest BCUT2D eigenvalue weighted by Crippen LogP contribution is 2.32. The van der Waals surface area contributed by atoms with Gasteiger partial charge in [0.25, 0.3) is 0 Å². The van der Waals surface area contributed by atoms with Crippen molar-refractivity contribution in [1.82, 2.24) is 9.97 Å². The fourth-order valence-electron chi connectivity index (χ4n) is 2.80. The zero-order valence-corrected chi connectivity index (χ0v) is 14.5. The molecular formula is C18H22N4O2. The van der Waals surface area contributed by atoms with Crippen LogP contribution >= 0.6 is 0 Å². The minimum absolute atomic E-state index is 0.156. The van der Waals surface area contributed by atoms with Crippen molar-refractivity contribution in [1.29, 1.82) is 0 Å². The van der Waals surface area contributed by atoms with Gasteiger partial charge in [-0.15, -0.1) is 0 Å². The van der Waals surface area contributed by atoms with E-state index in [1.54, 1.807) is 0 Å². The highest BCUT2D eigenvalue weighted by atomic mass is 16.3. The van der Waals surface area contributed by atoms with Crippen molar-refractivity contribution >= 4 is 22.5 Å². The fraction of sp³-hybridized carbons (Fsp3) is 0.389. The van der Waals surface area contributed by atoms with Gasteiger partial charge in [-0.05, 0) is 45.9 Å². The minimum atomic E-state index is -0.548. The Balaban J connectivity index is 2.19.